The summed E-state index contributed by atoms with van der Waals surface area (Å²) in [6.07, 6.45) is 0.216. The molecular weight excluding hydrogens is 629 g/mol. The first-order valence-corrected chi connectivity index (χ1v) is 16.8. The molecule has 0 aromatic heterocycles. The monoisotopic (exact) mass is 665 g/mol. The van der Waals surface area contributed by atoms with Crippen LogP contribution in [0.2, 0.25) is 10.0 Å². The lowest BCUT2D eigenvalue weighted by molar-refractivity contribution is -0.140. The number of carbonyl (C=O) groups is 2. The third-order valence-electron chi connectivity index (χ3n) is 7.47. The molecule has 0 saturated heterocycles. The quantitative estimate of drug-likeness (QED) is 0.179. The summed E-state index contributed by atoms with van der Waals surface area (Å²) in [5.41, 5.74) is 4.41. The first-order valence-electron chi connectivity index (χ1n) is 14.6. The SMILES string of the molecule is CCNC(=O)[C@@H](Cc1ccccc1)N(Cc1ccc(Cl)c(Cl)c1)C(=O)CN(c1ccc(C)cc1C)S(=O)(=O)c1ccc(C)cc1. The van der Waals surface area contributed by atoms with Crippen LogP contribution in [0.25, 0.3) is 0 Å². The zero-order valence-electron chi connectivity index (χ0n) is 25.8. The molecule has 4 aromatic carbocycles. The summed E-state index contributed by atoms with van der Waals surface area (Å²) >= 11 is 12.5. The van der Waals surface area contributed by atoms with E-state index in [9.17, 15) is 18.0 Å². The molecule has 0 unspecified atom stereocenters. The maximum Gasteiger partial charge on any atom is 0.264 e. The van der Waals surface area contributed by atoms with Crippen molar-refractivity contribution in [2.45, 2.75) is 51.6 Å². The minimum absolute atomic E-state index is 0.00431. The third kappa shape index (κ3) is 8.45. The van der Waals surface area contributed by atoms with E-state index >= 15 is 0 Å². The maximum absolute atomic E-state index is 14.5. The van der Waals surface area contributed by atoms with Gasteiger partial charge in [-0.3, -0.25) is 13.9 Å². The minimum atomic E-state index is -4.19. The lowest BCUT2D eigenvalue weighted by atomic mass is 10.0. The number of likely N-dealkylation sites (N-methyl/N-ethyl adjacent to an activating group) is 1. The lowest BCUT2D eigenvalue weighted by Gasteiger charge is -2.34. The van der Waals surface area contributed by atoms with Crippen LogP contribution in [0.5, 0.6) is 0 Å². The Labute approximate surface area is 275 Å². The molecule has 0 bridgehead atoms. The molecule has 7 nitrogen and oxygen atoms in total. The van der Waals surface area contributed by atoms with E-state index < -0.39 is 28.5 Å². The van der Waals surface area contributed by atoms with Crippen LogP contribution in [-0.2, 0) is 32.6 Å². The van der Waals surface area contributed by atoms with Gasteiger partial charge in [0.2, 0.25) is 11.8 Å². The molecule has 0 aliphatic carbocycles. The van der Waals surface area contributed by atoms with E-state index in [-0.39, 0.29) is 23.8 Å². The largest absolute Gasteiger partial charge is 0.355 e. The molecule has 1 N–H and O–H groups in total. The number of hydrogen-bond acceptors (Lipinski definition) is 4. The van der Waals surface area contributed by atoms with E-state index in [0.29, 0.717) is 33.4 Å². The van der Waals surface area contributed by atoms with Crippen LogP contribution < -0.4 is 9.62 Å². The second-order valence-electron chi connectivity index (χ2n) is 11.0. The second kappa shape index (κ2) is 15.0. The number of hydrogen-bond donors (Lipinski definition) is 1. The second-order valence-corrected chi connectivity index (χ2v) is 13.7. The summed E-state index contributed by atoms with van der Waals surface area (Å²) in [6, 6.07) is 25.3. The Morgan fingerprint density at radius 2 is 1.47 bits per heavy atom. The van der Waals surface area contributed by atoms with Crippen LogP contribution in [0.1, 0.15) is 34.7 Å². The number of rotatable bonds is 12. The molecular formula is C35H37Cl2N3O4S. The van der Waals surface area contributed by atoms with Crippen LogP contribution in [0.3, 0.4) is 0 Å². The van der Waals surface area contributed by atoms with Gasteiger partial charge in [-0.1, -0.05) is 95.0 Å². The molecule has 0 aliphatic rings. The molecule has 0 saturated carbocycles. The maximum atomic E-state index is 14.5. The highest BCUT2D eigenvalue weighted by atomic mass is 35.5. The number of nitrogens with one attached hydrogen (secondary N) is 1. The van der Waals surface area contributed by atoms with Crippen molar-refractivity contribution in [2.75, 3.05) is 17.4 Å². The molecule has 0 heterocycles. The van der Waals surface area contributed by atoms with E-state index in [0.717, 1.165) is 21.0 Å². The van der Waals surface area contributed by atoms with Gasteiger partial charge in [-0.05, 0) is 74.7 Å². The Hall–Kier alpha value is -3.85. The van der Waals surface area contributed by atoms with Crippen LogP contribution >= 0.6 is 23.2 Å². The molecule has 0 spiro atoms. The predicted molar refractivity (Wildman–Crippen MR) is 181 cm³/mol. The number of carbonyl (C=O) groups excluding carboxylic acids is 2. The van der Waals surface area contributed by atoms with Crippen molar-refractivity contribution >= 4 is 50.7 Å². The highest BCUT2D eigenvalue weighted by molar-refractivity contribution is 7.92. The molecule has 4 aromatic rings. The number of halogens is 2. The van der Waals surface area contributed by atoms with Gasteiger partial charge in [-0.25, -0.2) is 8.42 Å². The number of benzene rings is 4. The number of aryl methyl sites for hydroxylation is 3. The van der Waals surface area contributed by atoms with Gasteiger partial charge in [-0.2, -0.15) is 0 Å². The Morgan fingerprint density at radius 3 is 2.09 bits per heavy atom. The molecule has 236 valence electrons. The summed E-state index contributed by atoms with van der Waals surface area (Å²) in [6.45, 7) is 7.22. The average Bonchev–Trinajstić information content (AvgIpc) is 3.00. The fraction of sp³-hybridized carbons (Fsp3) is 0.257. The van der Waals surface area contributed by atoms with Crippen molar-refractivity contribution in [3.63, 3.8) is 0 Å². The van der Waals surface area contributed by atoms with Gasteiger partial charge in [0.15, 0.2) is 0 Å². The number of nitrogens with zero attached hydrogens (tertiary/aromatic N) is 2. The van der Waals surface area contributed by atoms with Crippen LogP contribution in [-0.4, -0.2) is 44.3 Å². The molecule has 4 rings (SSSR count). The smallest absolute Gasteiger partial charge is 0.264 e. The Kier molecular flexibility index (Phi) is 11.3. The highest BCUT2D eigenvalue weighted by Gasteiger charge is 2.35. The van der Waals surface area contributed by atoms with Gasteiger partial charge in [0.1, 0.15) is 12.6 Å². The molecule has 0 radical (unpaired) electrons. The van der Waals surface area contributed by atoms with Crippen molar-refractivity contribution in [3.8, 4) is 0 Å². The molecule has 1 atom stereocenters. The summed E-state index contributed by atoms with van der Waals surface area (Å²) in [4.78, 5) is 29.6. The van der Waals surface area contributed by atoms with Gasteiger partial charge in [0.05, 0.1) is 20.6 Å². The molecule has 0 fully saturated rings. The average molecular weight is 667 g/mol. The minimum Gasteiger partial charge on any atom is -0.355 e. The standard InChI is InChI=1S/C35H37Cl2N3O4S/c1-5-38-35(42)33(21-27-9-7-6-8-10-27)39(22-28-14-17-30(36)31(37)20-28)34(41)23-40(32-18-13-25(3)19-26(32)4)45(43,44)29-15-11-24(2)12-16-29/h6-20,33H,5,21-23H2,1-4H3,(H,38,42)/t33-/m1/s1. The number of amides is 2. The van der Waals surface area contributed by atoms with Crippen molar-refractivity contribution in [3.05, 3.63) is 129 Å². The molecule has 45 heavy (non-hydrogen) atoms. The summed E-state index contributed by atoms with van der Waals surface area (Å²) < 4.78 is 29.6. The van der Waals surface area contributed by atoms with Crippen molar-refractivity contribution in [2.24, 2.45) is 0 Å². The van der Waals surface area contributed by atoms with Crippen molar-refractivity contribution in [1.82, 2.24) is 10.2 Å². The van der Waals surface area contributed by atoms with Gasteiger partial charge in [0.25, 0.3) is 10.0 Å². The Balaban J connectivity index is 1.83. The zero-order chi connectivity index (χ0) is 32.7. The van der Waals surface area contributed by atoms with E-state index in [1.165, 1.54) is 17.0 Å². The predicted octanol–water partition coefficient (Wildman–Crippen LogP) is 6.89. The molecule has 0 aliphatic heterocycles. The third-order valence-corrected chi connectivity index (χ3v) is 9.98. The molecule has 10 heteroatoms. The van der Waals surface area contributed by atoms with E-state index in [4.69, 9.17) is 23.2 Å². The summed E-state index contributed by atoms with van der Waals surface area (Å²) in [7, 11) is -4.19. The lowest BCUT2D eigenvalue weighted by Crippen LogP contribution is -2.53. The van der Waals surface area contributed by atoms with Crippen LogP contribution in [0, 0.1) is 20.8 Å². The normalized spacial score (nSPS) is 12.0. The van der Waals surface area contributed by atoms with Gasteiger partial charge < -0.3 is 10.2 Å². The topological polar surface area (TPSA) is 86.8 Å². The van der Waals surface area contributed by atoms with Gasteiger partial charge in [-0.15, -0.1) is 0 Å². The summed E-state index contributed by atoms with van der Waals surface area (Å²) in [5, 5.41) is 3.52. The van der Waals surface area contributed by atoms with E-state index in [1.807, 2.05) is 63.2 Å². The Bertz CT molecular complexity index is 1760. The first kappa shape index (κ1) is 34.0. The van der Waals surface area contributed by atoms with Gasteiger partial charge >= 0.3 is 0 Å². The van der Waals surface area contributed by atoms with Crippen LogP contribution in [0.4, 0.5) is 5.69 Å². The van der Waals surface area contributed by atoms with Crippen molar-refractivity contribution in [1.29, 1.82) is 0 Å². The zero-order valence-corrected chi connectivity index (χ0v) is 28.1. The van der Waals surface area contributed by atoms with Crippen LogP contribution in [0.15, 0.2) is 95.9 Å². The summed E-state index contributed by atoms with van der Waals surface area (Å²) in [5.74, 6) is -0.904. The van der Waals surface area contributed by atoms with Gasteiger partial charge in [0, 0.05) is 19.5 Å². The van der Waals surface area contributed by atoms with E-state index in [1.54, 1.807) is 43.3 Å². The van der Waals surface area contributed by atoms with Crippen molar-refractivity contribution < 1.29 is 18.0 Å². The fourth-order valence-electron chi connectivity index (χ4n) is 5.12. The number of anilines is 1. The first-order chi connectivity index (χ1) is 21.4. The van der Waals surface area contributed by atoms with E-state index in [2.05, 4.69) is 5.32 Å². The highest BCUT2D eigenvalue weighted by Crippen LogP contribution is 2.29. The number of sulfonamides is 1. The Morgan fingerprint density at radius 1 is 0.800 bits per heavy atom. The molecule has 2 amide bonds. The fourth-order valence-corrected chi connectivity index (χ4v) is 6.92.